The van der Waals surface area contributed by atoms with Gasteiger partial charge in [-0.2, -0.15) is 29.0 Å². The maximum Gasteiger partial charge on any atom is 0.434 e. The lowest BCUT2D eigenvalue weighted by molar-refractivity contribution is -0.140. The SMILES string of the molecule is CCC(Nc1ccc2nnc(-c3ccsc3)n2n1)c1nc(C(F)(F)F)cs1. The molecule has 0 aliphatic rings. The lowest BCUT2D eigenvalue weighted by Crippen LogP contribution is -2.13. The third-order valence-electron chi connectivity index (χ3n) is 3.88. The maximum absolute atomic E-state index is 12.8. The van der Waals surface area contributed by atoms with E-state index >= 15 is 0 Å². The van der Waals surface area contributed by atoms with Crippen LogP contribution in [0.2, 0.25) is 0 Å². The van der Waals surface area contributed by atoms with Crippen LogP contribution in [0.4, 0.5) is 19.0 Å². The molecule has 4 heterocycles. The van der Waals surface area contributed by atoms with Gasteiger partial charge in [-0.25, -0.2) is 4.98 Å². The molecule has 0 saturated carbocycles. The number of nitrogens with one attached hydrogen (secondary N) is 1. The lowest BCUT2D eigenvalue weighted by Gasteiger charge is -2.15. The fraction of sp³-hybridized carbons (Fsp3) is 0.250. The molecule has 0 aromatic carbocycles. The Labute approximate surface area is 159 Å². The van der Waals surface area contributed by atoms with Gasteiger partial charge in [-0.15, -0.1) is 26.6 Å². The molecule has 4 aromatic rings. The van der Waals surface area contributed by atoms with Crippen LogP contribution < -0.4 is 5.32 Å². The number of anilines is 1. The van der Waals surface area contributed by atoms with Gasteiger partial charge in [0.1, 0.15) is 10.8 Å². The van der Waals surface area contributed by atoms with E-state index in [2.05, 4.69) is 25.6 Å². The van der Waals surface area contributed by atoms with Crippen molar-refractivity contribution in [2.24, 2.45) is 0 Å². The van der Waals surface area contributed by atoms with E-state index in [1.165, 1.54) is 0 Å². The van der Waals surface area contributed by atoms with Crippen LogP contribution in [-0.2, 0) is 6.18 Å². The molecule has 1 N–H and O–H groups in total. The summed E-state index contributed by atoms with van der Waals surface area (Å²) in [7, 11) is 0. The van der Waals surface area contributed by atoms with Crippen LogP contribution in [0.25, 0.3) is 17.0 Å². The number of thiophene rings is 1. The summed E-state index contributed by atoms with van der Waals surface area (Å²) in [4.78, 5) is 3.73. The van der Waals surface area contributed by atoms with Crippen molar-refractivity contribution in [3.05, 3.63) is 45.0 Å². The van der Waals surface area contributed by atoms with E-state index in [1.807, 2.05) is 23.8 Å². The number of halogens is 3. The molecule has 4 rings (SSSR count). The molecule has 0 fully saturated rings. The van der Waals surface area contributed by atoms with Crippen LogP contribution in [0.5, 0.6) is 0 Å². The van der Waals surface area contributed by atoms with Crippen LogP contribution in [0, 0.1) is 0 Å². The van der Waals surface area contributed by atoms with Crippen LogP contribution in [0.3, 0.4) is 0 Å². The van der Waals surface area contributed by atoms with Gasteiger partial charge in [0.2, 0.25) is 0 Å². The van der Waals surface area contributed by atoms with Gasteiger partial charge in [0, 0.05) is 16.3 Å². The summed E-state index contributed by atoms with van der Waals surface area (Å²) in [5.74, 6) is 1.12. The van der Waals surface area contributed by atoms with Gasteiger partial charge in [-0.05, 0) is 30.0 Å². The first kappa shape index (κ1) is 17.9. The monoisotopic (exact) mass is 410 g/mol. The highest BCUT2D eigenvalue weighted by Gasteiger charge is 2.34. The standard InChI is InChI=1S/C16H13F3N6S2/c1-2-10(15-21-11(8-27-15)16(17,18)19)20-12-3-4-13-22-23-14(25(13)24-12)9-5-6-26-7-9/h3-8,10H,2H2,1H3,(H,20,24). The fourth-order valence-electron chi connectivity index (χ4n) is 2.53. The van der Waals surface area contributed by atoms with E-state index in [0.717, 1.165) is 22.3 Å². The normalized spacial score (nSPS) is 13.2. The molecule has 6 nitrogen and oxygen atoms in total. The van der Waals surface area contributed by atoms with Crippen molar-refractivity contribution >= 4 is 34.1 Å². The van der Waals surface area contributed by atoms with Crippen LogP contribution >= 0.6 is 22.7 Å². The Morgan fingerprint density at radius 2 is 2.04 bits per heavy atom. The summed E-state index contributed by atoms with van der Waals surface area (Å²) >= 11 is 2.53. The zero-order valence-electron chi connectivity index (χ0n) is 13.9. The van der Waals surface area contributed by atoms with Crippen molar-refractivity contribution in [2.45, 2.75) is 25.6 Å². The molecule has 0 saturated heterocycles. The van der Waals surface area contributed by atoms with E-state index < -0.39 is 11.9 Å². The Bertz CT molecular complexity index is 1050. The first-order chi connectivity index (χ1) is 13.0. The molecule has 11 heteroatoms. The summed E-state index contributed by atoms with van der Waals surface area (Å²) in [6, 6.07) is 5.03. The third-order valence-corrected chi connectivity index (χ3v) is 5.52. The topological polar surface area (TPSA) is 68.0 Å². The molecule has 0 radical (unpaired) electrons. The van der Waals surface area contributed by atoms with Crippen molar-refractivity contribution in [3.63, 3.8) is 0 Å². The van der Waals surface area contributed by atoms with Gasteiger partial charge < -0.3 is 5.32 Å². The number of hydrogen-bond acceptors (Lipinski definition) is 7. The average molecular weight is 410 g/mol. The summed E-state index contributed by atoms with van der Waals surface area (Å²) in [6.07, 6.45) is -3.88. The predicted octanol–water partition coefficient (Wildman–Crippen LogP) is 4.89. The average Bonchev–Trinajstić information content (AvgIpc) is 3.37. The van der Waals surface area contributed by atoms with E-state index in [9.17, 15) is 13.2 Å². The van der Waals surface area contributed by atoms with Crippen molar-refractivity contribution < 1.29 is 13.2 Å². The van der Waals surface area contributed by atoms with Crippen molar-refractivity contribution in [1.29, 1.82) is 0 Å². The van der Waals surface area contributed by atoms with Gasteiger partial charge in [-0.1, -0.05) is 6.92 Å². The lowest BCUT2D eigenvalue weighted by atomic mass is 10.2. The zero-order valence-corrected chi connectivity index (χ0v) is 15.6. The first-order valence-corrected chi connectivity index (χ1v) is 9.82. The van der Waals surface area contributed by atoms with Crippen molar-refractivity contribution in [3.8, 4) is 11.4 Å². The minimum absolute atomic E-state index is 0.369. The van der Waals surface area contributed by atoms with E-state index in [4.69, 9.17) is 0 Å². The number of nitrogens with zero attached hydrogens (tertiary/aromatic N) is 5. The molecule has 1 atom stereocenters. The zero-order chi connectivity index (χ0) is 19.0. The summed E-state index contributed by atoms with van der Waals surface area (Å²) in [5.41, 5.74) is 0.618. The van der Waals surface area contributed by atoms with Gasteiger partial charge in [0.25, 0.3) is 0 Å². The van der Waals surface area contributed by atoms with Crippen LogP contribution in [0.15, 0.2) is 34.3 Å². The van der Waals surface area contributed by atoms with Gasteiger partial charge in [-0.3, -0.25) is 0 Å². The highest BCUT2D eigenvalue weighted by Crippen LogP contribution is 2.33. The van der Waals surface area contributed by atoms with Gasteiger partial charge in [0.15, 0.2) is 17.2 Å². The Morgan fingerprint density at radius 1 is 1.19 bits per heavy atom. The molecule has 0 aliphatic heterocycles. The Balaban J connectivity index is 1.63. The van der Waals surface area contributed by atoms with E-state index in [-0.39, 0.29) is 6.04 Å². The van der Waals surface area contributed by atoms with Crippen LogP contribution in [0.1, 0.15) is 30.1 Å². The molecular weight excluding hydrogens is 397 g/mol. The van der Waals surface area contributed by atoms with Gasteiger partial charge >= 0.3 is 6.18 Å². The molecule has 1 unspecified atom stereocenters. The molecular formula is C16H13F3N6S2. The van der Waals surface area contributed by atoms with Gasteiger partial charge in [0.05, 0.1) is 6.04 Å². The Hall–Kier alpha value is -2.53. The molecule has 4 aromatic heterocycles. The quantitative estimate of drug-likeness (QED) is 0.507. The molecule has 0 aliphatic carbocycles. The predicted molar refractivity (Wildman–Crippen MR) is 97.9 cm³/mol. The number of hydrogen-bond donors (Lipinski definition) is 1. The highest BCUT2D eigenvalue weighted by molar-refractivity contribution is 7.09. The third kappa shape index (κ3) is 3.52. The second-order valence-electron chi connectivity index (χ2n) is 5.70. The minimum atomic E-state index is -4.44. The molecule has 0 bridgehead atoms. The largest absolute Gasteiger partial charge is 0.434 e. The fourth-order valence-corrected chi connectivity index (χ4v) is 4.13. The maximum atomic E-state index is 12.8. The van der Waals surface area contributed by atoms with E-state index in [1.54, 1.807) is 28.0 Å². The second kappa shape index (κ2) is 6.89. The summed E-state index contributed by atoms with van der Waals surface area (Å²) in [5, 5.41) is 21.2. The smallest absolute Gasteiger partial charge is 0.359 e. The number of rotatable bonds is 5. The number of fused-ring (bicyclic) bond motifs is 1. The number of alkyl halides is 3. The van der Waals surface area contributed by atoms with Crippen molar-refractivity contribution in [2.75, 3.05) is 5.32 Å². The van der Waals surface area contributed by atoms with E-state index in [0.29, 0.717) is 28.7 Å². The Morgan fingerprint density at radius 3 is 2.70 bits per heavy atom. The number of thiazole rings is 1. The molecule has 0 amide bonds. The summed E-state index contributed by atoms with van der Waals surface area (Å²) < 4.78 is 40.0. The first-order valence-electron chi connectivity index (χ1n) is 8.00. The minimum Gasteiger partial charge on any atom is -0.359 e. The molecule has 27 heavy (non-hydrogen) atoms. The summed E-state index contributed by atoms with van der Waals surface area (Å²) in [6.45, 7) is 1.88. The molecule has 140 valence electrons. The Kier molecular flexibility index (Phi) is 4.56. The molecule has 0 spiro atoms. The van der Waals surface area contributed by atoms with Crippen molar-refractivity contribution in [1.82, 2.24) is 24.8 Å². The second-order valence-corrected chi connectivity index (χ2v) is 7.37. The van der Waals surface area contributed by atoms with Crippen LogP contribution in [-0.4, -0.2) is 24.8 Å². The number of aromatic nitrogens is 5. The highest BCUT2D eigenvalue weighted by atomic mass is 32.1.